The van der Waals surface area contributed by atoms with E-state index in [1.165, 1.54) is 5.56 Å². The van der Waals surface area contributed by atoms with E-state index in [0.29, 0.717) is 5.95 Å². The third-order valence-corrected chi connectivity index (χ3v) is 4.98. The zero-order valence-electron chi connectivity index (χ0n) is 17.7. The number of methoxy groups -OCH3 is 1. The number of rotatable bonds is 8. The average Bonchev–Trinajstić information content (AvgIpc) is 2.85. The number of pyridine rings is 1. The predicted octanol–water partition coefficient (Wildman–Crippen LogP) is 4.91. The maximum atomic E-state index is 5.24. The van der Waals surface area contributed by atoms with Crippen molar-refractivity contribution in [3.05, 3.63) is 84.6 Å². The summed E-state index contributed by atoms with van der Waals surface area (Å²) in [4.78, 5) is 14.0. The lowest BCUT2D eigenvalue weighted by Gasteiger charge is -2.12. The zero-order chi connectivity index (χ0) is 21.5. The van der Waals surface area contributed by atoms with Gasteiger partial charge < -0.3 is 15.4 Å². The van der Waals surface area contributed by atoms with Crippen LogP contribution in [0.4, 0.5) is 11.8 Å². The van der Waals surface area contributed by atoms with E-state index in [1.54, 1.807) is 7.11 Å². The first kappa shape index (κ1) is 20.3. The van der Waals surface area contributed by atoms with Crippen LogP contribution in [-0.4, -0.2) is 35.7 Å². The molecule has 0 spiro atoms. The minimum atomic E-state index is 0.593. The summed E-state index contributed by atoms with van der Waals surface area (Å²) in [6.07, 6.45) is 2.72. The number of anilines is 2. The molecule has 0 radical (unpaired) electrons. The first-order valence-corrected chi connectivity index (χ1v) is 10.2. The van der Waals surface area contributed by atoms with E-state index in [2.05, 4.69) is 32.7 Å². The Morgan fingerprint density at radius 1 is 0.839 bits per heavy atom. The fraction of sp³-hybridized carbons (Fsp3) is 0.160. The van der Waals surface area contributed by atoms with Crippen LogP contribution in [0.5, 0.6) is 5.75 Å². The minimum absolute atomic E-state index is 0.593. The summed E-state index contributed by atoms with van der Waals surface area (Å²) in [6, 6.07) is 24.2. The highest BCUT2D eigenvalue weighted by molar-refractivity contribution is 5.74. The molecule has 0 aliphatic carbocycles. The van der Waals surface area contributed by atoms with Gasteiger partial charge in [-0.25, -0.2) is 9.97 Å². The fourth-order valence-electron chi connectivity index (χ4n) is 3.32. The van der Waals surface area contributed by atoms with Crippen LogP contribution in [-0.2, 0) is 6.42 Å². The highest BCUT2D eigenvalue weighted by atomic mass is 16.5. The van der Waals surface area contributed by atoms with Gasteiger partial charge in [0.2, 0.25) is 5.95 Å². The number of ether oxygens (including phenoxy) is 1. The van der Waals surface area contributed by atoms with Crippen molar-refractivity contribution in [1.82, 2.24) is 15.0 Å². The van der Waals surface area contributed by atoms with Gasteiger partial charge in [-0.3, -0.25) is 0 Å². The number of aromatic nitrogens is 3. The molecule has 0 aliphatic rings. The predicted molar refractivity (Wildman–Crippen MR) is 125 cm³/mol. The first-order valence-electron chi connectivity index (χ1n) is 10.2. The van der Waals surface area contributed by atoms with Gasteiger partial charge in [-0.15, -0.1) is 0 Å². The van der Waals surface area contributed by atoms with E-state index in [4.69, 9.17) is 9.72 Å². The molecule has 2 aromatic carbocycles. The monoisotopic (exact) mass is 411 g/mol. The summed E-state index contributed by atoms with van der Waals surface area (Å²) in [5.74, 6) is 2.15. The Hall–Kier alpha value is -3.93. The molecule has 2 aromatic heterocycles. The number of benzene rings is 2. The highest BCUT2D eigenvalue weighted by Gasteiger charge is 2.11. The van der Waals surface area contributed by atoms with E-state index < -0.39 is 0 Å². The minimum Gasteiger partial charge on any atom is -0.497 e. The molecular weight excluding hydrogens is 386 g/mol. The summed E-state index contributed by atoms with van der Waals surface area (Å²) in [5, 5.41) is 6.47. The van der Waals surface area contributed by atoms with Crippen molar-refractivity contribution >= 4 is 11.8 Å². The average molecular weight is 412 g/mol. The van der Waals surface area contributed by atoms with Gasteiger partial charge in [-0.2, -0.15) is 4.98 Å². The lowest BCUT2D eigenvalue weighted by atomic mass is 10.1. The van der Waals surface area contributed by atoms with Crippen molar-refractivity contribution in [2.45, 2.75) is 6.42 Å². The normalized spacial score (nSPS) is 10.5. The molecule has 0 atom stereocenters. The van der Waals surface area contributed by atoms with Gasteiger partial charge in [0, 0.05) is 25.4 Å². The molecular formula is C25H25N5O. The largest absolute Gasteiger partial charge is 0.497 e. The first-order chi connectivity index (χ1) is 15.3. The van der Waals surface area contributed by atoms with Crippen molar-refractivity contribution in [1.29, 1.82) is 0 Å². The van der Waals surface area contributed by atoms with Crippen LogP contribution in [0.3, 0.4) is 0 Å². The van der Waals surface area contributed by atoms with Crippen molar-refractivity contribution < 1.29 is 4.74 Å². The third-order valence-electron chi connectivity index (χ3n) is 4.98. The lowest BCUT2D eigenvalue weighted by Crippen LogP contribution is -2.09. The lowest BCUT2D eigenvalue weighted by molar-refractivity contribution is 0.415. The zero-order valence-corrected chi connectivity index (χ0v) is 17.7. The van der Waals surface area contributed by atoms with Gasteiger partial charge >= 0.3 is 0 Å². The van der Waals surface area contributed by atoms with Gasteiger partial charge in [0.15, 0.2) is 0 Å². The second-order valence-corrected chi connectivity index (χ2v) is 7.00. The van der Waals surface area contributed by atoms with Crippen LogP contribution in [0.2, 0.25) is 0 Å². The van der Waals surface area contributed by atoms with Crippen molar-refractivity contribution in [3.8, 4) is 28.3 Å². The van der Waals surface area contributed by atoms with Crippen LogP contribution in [0.1, 0.15) is 5.56 Å². The molecule has 0 amide bonds. The van der Waals surface area contributed by atoms with E-state index in [-0.39, 0.29) is 0 Å². The second-order valence-electron chi connectivity index (χ2n) is 7.00. The third kappa shape index (κ3) is 4.98. The van der Waals surface area contributed by atoms with Gasteiger partial charge in [0.05, 0.1) is 24.1 Å². The Morgan fingerprint density at radius 2 is 1.61 bits per heavy atom. The Balaban J connectivity index is 1.52. The van der Waals surface area contributed by atoms with Gasteiger partial charge in [-0.1, -0.05) is 36.4 Å². The Morgan fingerprint density at radius 3 is 2.35 bits per heavy atom. The second kappa shape index (κ2) is 9.71. The van der Waals surface area contributed by atoms with Crippen LogP contribution in [0.15, 0.2) is 79.0 Å². The molecule has 156 valence electrons. The topological polar surface area (TPSA) is 72.0 Å². The van der Waals surface area contributed by atoms with E-state index >= 15 is 0 Å². The molecule has 6 heteroatoms. The van der Waals surface area contributed by atoms with Gasteiger partial charge in [-0.05, 0) is 48.4 Å². The van der Waals surface area contributed by atoms with Gasteiger partial charge in [0.1, 0.15) is 11.6 Å². The molecule has 0 aliphatic heterocycles. The number of hydrogen-bond acceptors (Lipinski definition) is 6. The maximum absolute atomic E-state index is 5.24. The fourth-order valence-corrected chi connectivity index (χ4v) is 3.32. The van der Waals surface area contributed by atoms with Crippen molar-refractivity contribution in [3.63, 3.8) is 0 Å². The Bertz CT molecular complexity index is 1130. The molecule has 0 saturated heterocycles. The van der Waals surface area contributed by atoms with Crippen LogP contribution >= 0.6 is 0 Å². The van der Waals surface area contributed by atoms with Gasteiger partial charge in [0.25, 0.3) is 0 Å². The summed E-state index contributed by atoms with van der Waals surface area (Å²) >= 11 is 0. The van der Waals surface area contributed by atoms with Crippen molar-refractivity contribution in [2.75, 3.05) is 31.3 Å². The molecule has 0 fully saturated rings. The molecule has 0 saturated carbocycles. The molecule has 4 rings (SSSR count). The molecule has 0 unspecified atom stereocenters. The van der Waals surface area contributed by atoms with E-state index in [0.717, 1.165) is 47.0 Å². The molecule has 2 N–H and O–H groups in total. The number of hydrogen-bond donors (Lipinski definition) is 2. The van der Waals surface area contributed by atoms with Crippen LogP contribution < -0.4 is 15.4 Å². The quantitative estimate of drug-likeness (QED) is 0.429. The molecule has 6 nitrogen and oxygen atoms in total. The summed E-state index contributed by atoms with van der Waals surface area (Å²) in [5.41, 5.74) is 4.85. The molecule has 0 bridgehead atoms. The summed E-state index contributed by atoms with van der Waals surface area (Å²) < 4.78 is 5.24. The summed E-state index contributed by atoms with van der Waals surface area (Å²) in [6.45, 7) is 0.762. The standard InChI is InChI=1S/C25H25N5O/c1-26-24-21(17-28-25(30-24)27-16-15-18-7-4-3-5-8-18)23-10-6-9-22(29-23)19-11-13-20(31-2)14-12-19/h3-14,17H,15-16H2,1-2H3,(H2,26,27,28,30). The number of nitrogens with one attached hydrogen (secondary N) is 2. The molecule has 2 heterocycles. The number of nitrogens with zero attached hydrogens (tertiary/aromatic N) is 3. The Labute approximate surface area is 182 Å². The highest BCUT2D eigenvalue weighted by Crippen LogP contribution is 2.28. The maximum Gasteiger partial charge on any atom is 0.224 e. The SMILES string of the molecule is CNc1nc(NCCc2ccccc2)ncc1-c1cccc(-c2ccc(OC)cc2)n1. The van der Waals surface area contributed by atoms with E-state index in [1.807, 2.05) is 73.9 Å². The summed E-state index contributed by atoms with van der Waals surface area (Å²) in [7, 11) is 3.51. The molecule has 4 aromatic rings. The molecule has 31 heavy (non-hydrogen) atoms. The van der Waals surface area contributed by atoms with E-state index in [9.17, 15) is 0 Å². The van der Waals surface area contributed by atoms with Crippen LogP contribution in [0, 0.1) is 0 Å². The van der Waals surface area contributed by atoms with Crippen molar-refractivity contribution in [2.24, 2.45) is 0 Å². The smallest absolute Gasteiger partial charge is 0.224 e. The Kier molecular flexibility index (Phi) is 6.38. The van der Waals surface area contributed by atoms with Crippen LogP contribution in [0.25, 0.3) is 22.5 Å².